The fourth-order valence-electron chi connectivity index (χ4n) is 3.78. The van der Waals surface area contributed by atoms with Crippen molar-refractivity contribution >= 4 is 39.9 Å². The standard InChI is InChI=1S/C14H13N3O.C13H11BN4O4S/c1-18-13-4-2-11(3-5-13)10-17-14-8-12(9-15)6-7-16-14;15-5-9-3-13(16)17-6-12(9)23(20,21)18-10-2-1-8-7-22-14(19)11(8)4-10/h2-8H,10H2,1H3,(H,16,17);1-4,6,18-19H,7H2,(H2,16,17). The highest BCUT2D eigenvalue weighted by molar-refractivity contribution is 7.92. The molecule has 0 unspecified atom stereocenters. The Morgan fingerprint density at radius 3 is 2.59 bits per heavy atom. The molecule has 206 valence electrons. The molecule has 2 aromatic heterocycles. The third-order valence-electron chi connectivity index (χ3n) is 5.88. The van der Waals surface area contributed by atoms with Crippen molar-refractivity contribution in [3.63, 3.8) is 0 Å². The number of ether oxygens (including phenoxy) is 1. The number of benzene rings is 2. The van der Waals surface area contributed by atoms with Crippen molar-refractivity contribution in [3.8, 4) is 17.9 Å². The summed E-state index contributed by atoms with van der Waals surface area (Å²) < 4.78 is 37.4. The van der Waals surface area contributed by atoms with Crippen molar-refractivity contribution in [1.82, 2.24) is 9.97 Å². The van der Waals surface area contributed by atoms with Crippen LogP contribution in [-0.4, -0.2) is 37.6 Å². The number of methoxy groups -OCH3 is 1. The Morgan fingerprint density at radius 1 is 1.10 bits per heavy atom. The van der Waals surface area contributed by atoms with Crippen molar-refractivity contribution in [1.29, 1.82) is 10.5 Å². The van der Waals surface area contributed by atoms with Gasteiger partial charge in [0, 0.05) is 18.4 Å². The maximum atomic E-state index is 12.4. The monoisotopic (exact) mass is 569 g/mol. The number of sulfonamides is 1. The highest BCUT2D eigenvalue weighted by Crippen LogP contribution is 2.21. The molecule has 4 aromatic rings. The number of aromatic nitrogens is 2. The summed E-state index contributed by atoms with van der Waals surface area (Å²) >= 11 is 0. The second-order valence-electron chi connectivity index (χ2n) is 8.64. The van der Waals surface area contributed by atoms with Crippen LogP contribution in [0.4, 0.5) is 17.3 Å². The molecule has 5 N–H and O–H groups in total. The molecule has 3 heterocycles. The molecule has 0 bridgehead atoms. The first-order valence-corrected chi connectivity index (χ1v) is 13.5. The Bertz CT molecular complexity index is 1740. The Labute approximate surface area is 237 Å². The van der Waals surface area contributed by atoms with E-state index in [2.05, 4.69) is 26.1 Å². The lowest BCUT2D eigenvalue weighted by Crippen LogP contribution is -2.28. The van der Waals surface area contributed by atoms with Crippen molar-refractivity contribution < 1.29 is 22.8 Å². The topological polar surface area (TPSA) is 196 Å². The number of fused-ring (bicyclic) bond motifs is 1. The van der Waals surface area contributed by atoms with Crippen LogP contribution in [0.5, 0.6) is 5.75 Å². The molecule has 14 heteroatoms. The molecule has 0 amide bonds. The molecule has 0 aliphatic carbocycles. The van der Waals surface area contributed by atoms with Gasteiger partial charge in [0.05, 0.1) is 37.1 Å². The van der Waals surface area contributed by atoms with Crippen molar-refractivity contribution in [2.24, 2.45) is 0 Å². The van der Waals surface area contributed by atoms with Crippen LogP contribution in [0, 0.1) is 22.7 Å². The molecule has 1 aliphatic rings. The lowest BCUT2D eigenvalue weighted by atomic mass is 9.79. The third-order valence-corrected chi connectivity index (χ3v) is 7.29. The lowest BCUT2D eigenvalue weighted by Gasteiger charge is -2.10. The number of hydrogen-bond donors (Lipinski definition) is 4. The zero-order chi connectivity index (χ0) is 29.4. The van der Waals surface area contributed by atoms with Gasteiger partial charge in [-0.2, -0.15) is 10.5 Å². The zero-order valence-corrected chi connectivity index (χ0v) is 22.6. The van der Waals surface area contributed by atoms with Gasteiger partial charge in [0.15, 0.2) is 0 Å². The first-order chi connectivity index (χ1) is 19.7. The number of nitrogens with zero attached hydrogens (tertiary/aromatic N) is 4. The molecule has 0 saturated carbocycles. The Morgan fingerprint density at radius 2 is 1.88 bits per heavy atom. The number of nitriles is 2. The fraction of sp³-hybridized carbons (Fsp3) is 0.111. The summed E-state index contributed by atoms with van der Waals surface area (Å²) in [4.78, 5) is 7.59. The maximum Gasteiger partial charge on any atom is 0.491 e. The van der Waals surface area contributed by atoms with E-state index in [4.69, 9.17) is 25.6 Å². The van der Waals surface area contributed by atoms with Gasteiger partial charge in [-0.3, -0.25) is 4.72 Å². The number of nitrogens with two attached hydrogens (primary N) is 1. The van der Waals surface area contributed by atoms with Crippen LogP contribution in [0.15, 0.2) is 78.0 Å². The molecule has 0 spiro atoms. The van der Waals surface area contributed by atoms with Crippen LogP contribution in [0.1, 0.15) is 22.3 Å². The molecule has 2 aromatic carbocycles. The van der Waals surface area contributed by atoms with Gasteiger partial charge in [-0.1, -0.05) is 18.2 Å². The van der Waals surface area contributed by atoms with Gasteiger partial charge in [-0.05, 0) is 59.1 Å². The van der Waals surface area contributed by atoms with Crippen LogP contribution in [0.2, 0.25) is 0 Å². The third kappa shape index (κ3) is 7.29. The molecule has 0 saturated heterocycles. The van der Waals surface area contributed by atoms with Crippen molar-refractivity contribution in [3.05, 3.63) is 95.3 Å². The number of rotatable bonds is 7. The highest BCUT2D eigenvalue weighted by atomic mass is 32.2. The fourth-order valence-corrected chi connectivity index (χ4v) is 4.91. The first-order valence-electron chi connectivity index (χ1n) is 12.1. The van der Waals surface area contributed by atoms with Crippen molar-refractivity contribution in [2.75, 3.05) is 22.9 Å². The minimum Gasteiger partial charge on any atom is -0.497 e. The van der Waals surface area contributed by atoms with E-state index in [1.165, 1.54) is 12.1 Å². The van der Waals surface area contributed by atoms with E-state index < -0.39 is 17.1 Å². The summed E-state index contributed by atoms with van der Waals surface area (Å²) in [5.74, 6) is 1.59. The van der Waals surface area contributed by atoms with Gasteiger partial charge >= 0.3 is 7.12 Å². The zero-order valence-electron chi connectivity index (χ0n) is 21.8. The number of nitrogen functional groups attached to an aromatic ring is 1. The smallest absolute Gasteiger partial charge is 0.491 e. The summed E-state index contributed by atoms with van der Waals surface area (Å²) in [6, 6.07) is 21.0. The van der Waals surface area contributed by atoms with E-state index >= 15 is 0 Å². The van der Waals surface area contributed by atoms with Gasteiger partial charge in [-0.15, -0.1) is 0 Å². The second kappa shape index (κ2) is 12.8. The average molecular weight is 569 g/mol. The predicted octanol–water partition coefficient (Wildman–Crippen LogP) is 2.13. The summed E-state index contributed by atoms with van der Waals surface area (Å²) in [7, 11) is -3.46. The molecular weight excluding hydrogens is 545 g/mol. The Balaban J connectivity index is 0.000000195. The summed E-state index contributed by atoms with van der Waals surface area (Å²) in [5.41, 5.74) is 8.61. The van der Waals surface area contributed by atoms with Gasteiger partial charge < -0.3 is 25.5 Å². The SMILES string of the molecule is COc1ccc(CNc2cc(C#N)ccn2)cc1.N#Cc1cc(N)ncc1S(=O)(=O)Nc1ccc2c(c1)B(O)OC2. The average Bonchev–Trinajstić information content (AvgIpc) is 3.36. The van der Waals surface area contributed by atoms with E-state index in [9.17, 15) is 13.4 Å². The lowest BCUT2D eigenvalue weighted by molar-refractivity contribution is 0.275. The Kier molecular flexibility index (Phi) is 9.01. The largest absolute Gasteiger partial charge is 0.497 e. The summed E-state index contributed by atoms with van der Waals surface area (Å²) in [5, 5.41) is 30.7. The maximum absolute atomic E-state index is 12.4. The number of nitrogens with one attached hydrogen (secondary N) is 2. The van der Waals surface area contributed by atoms with Gasteiger partial charge in [-0.25, -0.2) is 18.4 Å². The molecule has 41 heavy (non-hydrogen) atoms. The van der Waals surface area contributed by atoms with E-state index in [1.54, 1.807) is 43.6 Å². The van der Waals surface area contributed by atoms with Gasteiger partial charge in [0.1, 0.15) is 28.3 Å². The van der Waals surface area contributed by atoms with Crippen LogP contribution in [0.3, 0.4) is 0 Å². The van der Waals surface area contributed by atoms with Crippen LogP contribution >= 0.6 is 0 Å². The molecular formula is C27H24BN7O5S. The normalized spacial score (nSPS) is 11.8. The molecule has 5 rings (SSSR count). The molecule has 12 nitrogen and oxygen atoms in total. The minimum absolute atomic E-state index is 0.0540. The van der Waals surface area contributed by atoms with Crippen LogP contribution in [-0.2, 0) is 27.8 Å². The van der Waals surface area contributed by atoms with E-state index in [-0.39, 0.29) is 28.6 Å². The van der Waals surface area contributed by atoms with Gasteiger partial charge in [0.25, 0.3) is 10.0 Å². The number of pyridine rings is 2. The molecule has 0 atom stereocenters. The second-order valence-corrected chi connectivity index (χ2v) is 10.3. The molecule has 1 aliphatic heterocycles. The Hall–Kier alpha value is -5.15. The highest BCUT2D eigenvalue weighted by Gasteiger charge is 2.28. The van der Waals surface area contributed by atoms with Crippen molar-refractivity contribution in [2.45, 2.75) is 18.0 Å². The summed E-state index contributed by atoms with van der Waals surface area (Å²) in [6.07, 6.45) is 2.65. The van der Waals surface area contributed by atoms with Crippen LogP contribution in [0.25, 0.3) is 0 Å². The quantitative estimate of drug-likeness (QED) is 0.238. The summed E-state index contributed by atoms with van der Waals surface area (Å²) in [6.45, 7) is 0.926. The number of hydrogen-bond acceptors (Lipinski definition) is 11. The van der Waals surface area contributed by atoms with Crippen LogP contribution < -0.4 is 26.0 Å². The predicted molar refractivity (Wildman–Crippen MR) is 152 cm³/mol. The van der Waals surface area contributed by atoms with E-state index in [0.717, 1.165) is 23.1 Å². The molecule has 0 fully saturated rings. The van der Waals surface area contributed by atoms with Gasteiger partial charge in [0.2, 0.25) is 0 Å². The van der Waals surface area contributed by atoms with E-state index in [0.29, 0.717) is 23.4 Å². The minimum atomic E-state index is -4.02. The van der Waals surface area contributed by atoms with E-state index in [1.807, 2.05) is 24.3 Å². The number of anilines is 3. The first kappa shape index (κ1) is 28.9. The molecule has 0 radical (unpaired) electrons.